The van der Waals surface area contributed by atoms with Gasteiger partial charge in [-0.2, -0.15) is 0 Å². The molecule has 0 aliphatic carbocycles. The van der Waals surface area contributed by atoms with E-state index >= 15 is 0 Å². The first-order valence-corrected chi connectivity index (χ1v) is 5.85. The number of thiazole rings is 1. The molecule has 0 saturated heterocycles. The zero-order valence-electron chi connectivity index (χ0n) is 6.87. The first kappa shape index (κ1) is 10.8. The largest absolute Gasteiger partial charge is 0.237 e. The van der Waals surface area contributed by atoms with E-state index in [2.05, 4.69) is 11.6 Å². The van der Waals surface area contributed by atoms with Crippen molar-refractivity contribution in [1.82, 2.24) is 4.98 Å². The van der Waals surface area contributed by atoms with Gasteiger partial charge in [0.2, 0.25) is 0 Å². The zero-order valence-corrected chi connectivity index (χ0v) is 9.51. The molecule has 0 N–H and O–H groups in total. The van der Waals surface area contributed by atoms with Gasteiger partial charge in [0.1, 0.15) is 10.6 Å². The summed E-state index contributed by atoms with van der Waals surface area (Å²) in [5.74, 6) is -0.209. The van der Waals surface area contributed by atoms with Crippen molar-refractivity contribution in [2.45, 2.75) is 0 Å². The standard InChI is InChI=1S/C8H7FNPS.ClH/c1-11-8-10-6-4-5(9)2-3-7(6)12-8;/h2-4,11H,1H3;1H. The summed E-state index contributed by atoms with van der Waals surface area (Å²) in [5.41, 5.74) is 0.782. The lowest BCUT2D eigenvalue weighted by Crippen LogP contribution is -1.87. The first-order chi connectivity index (χ1) is 5.79. The monoisotopic (exact) mass is 235 g/mol. The fourth-order valence-corrected chi connectivity index (χ4v) is 2.68. The summed E-state index contributed by atoms with van der Waals surface area (Å²) in [6.07, 6.45) is 0. The Bertz CT molecular complexity index is 417. The van der Waals surface area contributed by atoms with Crippen LogP contribution in [0.5, 0.6) is 0 Å². The summed E-state index contributed by atoms with van der Waals surface area (Å²) in [4.78, 5) is 4.28. The van der Waals surface area contributed by atoms with E-state index in [1.807, 2.05) is 0 Å². The molecule has 0 aliphatic heterocycles. The number of hydrogen-bond acceptors (Lipinski definition) is 2. The van der Waals surface area contributed by atoms with Crippen molar-refractivity contribution in [2.24, 2.45) is 0 Å². The average molecular weight is 236 g/mol. The van der Waals surface area contributed by atoms with Crippen LogP contribution in [0.2, 0.25) is 0 Å². The number of rotatable bonds is 1. The average Bonchev–Trinajstić information content (AvgIpc) is 2.46. The van der Waals surface area contributed by atoms with Crippen LogP contribution in [0, 0.1) is 5.82 Å². The number of aromatic nitrogens is 1. The molecule has 1 aromatic heterocycles. The third-order valence-corrected chi connectivity index (χ3v) is 3.87. The van der Waals surface area contributed by atoms with Crippen molar-refractivity contribution < 1.29 is 4.39 Å². The summed E-state index contributed by atoms with van der Waals surface area (Å²) in [5, 5.41) is 0. The Morgan fingerprint density at radius 2 is 2.23 bits per heavy atom. The van der Waals surface area contributed by atoms with Gasteiger partial charge in [0.15, 0.2) is 0 Å². The van der Waals surface area contributed by atoms with Gasteiger partial charge in [0.05, 0.1) is 10.2 Å². The molecule has 0 bridgehead atoms. The smallest absolute Gasteiger partial charge is 0.125 e. The van der Waals surface area contributed by atoms with Gasteiger partial charge in [0, 0.05) is 6.07 Å². The minimum Gasteiger partial charge on any atom is -0.237 e. The van der Waals surface area contributed by atoms with Crippen molar-refractivity contribution in [2.75, 3.05) is 6.66 Å². The highest BCUT2D eigenvalue weighted by Gasteiger charge is 2.02. The van der Waals surface area contributed by atoms with Gasteiger partial charge in [-0.25, -0.2) is 9.37 Å². The zero-order chi connectivity index (χ0) is 8.55. The Hall–Kier alpha value is -0.240. The van der Waals surface area contributed by atoms with E-state index in [1.54, 1.807) is 17.4 Å². The minimum atomic E-state index is -0.209. The Morgan fingerprint density at radius 1 is 1.46 bits per heavy atom. The second-order valence-corrected chi connectivity index (χ2v) is 4.75. The van der Waals surface area contributed by atoms with Crippen LogP contribution in [0.25, 0.3) is 10.2 Å². The van der Waals surface area contributed by atoms with Crippen LogP contribution >= 0.6 is 32.3 Å². The molecule has 2 rings (SSSR count). The lowest BCUT2D eigenvalue weighted by Gasteiger charge is -1.85. The molecule has 0 saturated carbocycles. The highest BCUT2D eigenvalue weighted by atomic mass is 35.5. The van der Waals surface area contributed by atoms with E-state index < -0.39 is 0 Å². The van der Waals surface area contributed by atoms with Gasteiger partial charge < -0.3 is 0 Å². The van der Waals surface area contributed by atoms with Gasteiger partial charge in [-0.3, -0.25) is 0 Å². The molecule has 1 atom stereocenters. The van der Waals surface area contributed by atoms with E-state index in [9.17, 15) is 4.39 Å². The normalized spacial score (nSPS) is 10.9. The van der Waals surface area contributed by atoms with Crippen LogP contribution in [-0.4, -0.2) is 11.6 Å². The molecular formula is C8H8ClFNPS. The van der Waals surface area contributed by atoms with Gasteiger partial charge in [-0.05, 0) is 18.8 Å². The van der Waals surface area contributed by atoms with Crippen LogP contribution < -0.4 is 4.75 Å². The van der Waals surface area contributed by atoms with Gasteiger partial charge in [-0.1, -0.05) is 8.58 Å². The second kappa shape index (κ2) is 4.32. The lowest BCUT2D eigenvalue weighted by molar-refractivity contribution is 0.629. The maximum atomic E-state index is 12.7. The molecule has 1 aromatic carbocycles. The molecule has 0 aliphatic rings. The van der Waals surface area contributed by atoms with E-state index in [0.717, 1.165) is 15.0 Å². The van der Waals surface area contributed by atoms with Crippen LogP contribution in [0.1, 0.15) is 0 Å². The fourth-order valence-electron chi connectivity index (χ4n) is 1.01. The second-order valence-electron chi connectivity index (χ2n) is 2.38. The topological polar surface area (TPSA) is 12.9 Å². The maximum Gasteiger partial charge on any atom is 0.125 e. The fraction of sp³-hybridized carbons (Fsp3) is 0.125. The Morgan fingerprint density at radius 3 is 2.92 bits per heavy atom. The quantitative estimate of drug-likeness (QED) is 0.693. The first-order valence-electron chi connectivity index (χ1n) is 3.53. The molecule has 0 fully saturated rings. The molecule has 0 amide bonds. The number of halogens is 2. The molecule has 1 heterocycles. The van der Waals surface area contributed by atoms with Crippen LogP contribution in [0.3, 0.4) is 0 Å². The van der Waals surface area contributed by atoms with Crippen molar-refractivity contribution in [3.8, 4) is 0 Å². The summed E-state index contributed by atoms with van der Waals surface area (Å²) in [6.45, 7) is 2.08. The molecule has 70 valence electrons. The molecule has 1 unspecified atom stereocenters. The summed E-state index contributed by atoms with van der Waals surface area (Å²) in [6, 6.07) is 4.74. The Balaban J connectivity index is 0.000000845. The Kier molecular flexibility index (Phi) is 3.60. The minimum absolute atomic E-state index is 0. The lowest BCUT2D eigenvalue weighted by atomic mass is 10.3. The van der Waals surface area contributed by atoms with E-state index in [-0.39, 0.29) is 18.2 Å². The molecule has 0 spiro atoms. The van der Waals surface area contributed by atoms with Crippen LogP contribution in [0.4, 0.5) is 4.39 Å². The molecule has 0 radical (unpaired) electrons. The number of fused-ring (bicyclic) bond motifs is 1. The highest BCUT2D eigenvalue weighted by molar-refractivity contribution is 7.56. The third-order valence-electron chi connectivity index (χ3n) is 1.56. The van der Waals surface area contributed by atoms with E-state index in [0.29, 0.717) is 8.58 Å². The van der Waals surface area contributed by atoms with Gasteiger partial charge in [-0.15, -0.1) is 23.7 Å². The van der Waals surface area contributed by atoms with Crippen molar-refractivity contribution >= 4 is 47.3 Å². The predicted octanol–water partition coefficient (Wildman–Crippen LogP) is 2.79. The molecule has 5 heteroatoms. The molecule has 1 nitrogen and oxygen atoms in total. The van der Waals surface area contributed by atoms with Crippen LogP contribution in [-0.2, 0) is 0 Å². The third kappa shape index (κ3) is 2.16. The number of benzene rings is 1. The van der Waals surface area contributed by atoms with Crippen LogP contribution in [0.15, 0.2) is 18.2 Å². The van der Waals surface area contributed by atoms with Crippen molar-refractivity contribution in [1.29, 1.82) is 0 Å². The maximum absolute atomic E-state index is 12.7. The SMILES string of the molecule is CPc1nc2cc(F)ccc2s1.Cl. The number of hydrogen-bond donors (Lipinski definition) is 0. The predicted molar refractivity (Wildman–Crippen MR) is 60.7 cm³/mol. The van der Waals surface area contributed by atoms with Gasteiger partial charge in [0.25, 0.3) is 0 Å². The summed E-state index contributed by atoms with van der Waals surface area (Å²) < 4.78 is 14.9. The highest BCUT2D eigenvalue weighted by Crippen LogP contribution is 2.20. The Labute approximate surface area is 87.6 Å². The summed E-state index contributed by atoms with van der Waals surface area (Å²) in [7, 11) is 0.695. The summed E-state index contributed by atoms with van der Waals surface area (Å²) >= 11 is 1.64. The number of nitrogens with zero attached hydrogens (tertiary/aromatic N) is 1. The molecule has 13 heavy (non-hydrogen) atoms. The van der Waals surface area contributed by atoms with Crippen molar-refractivity contribution in [3.63, 3.8) is 0 Å². The van der Waals surface area contributed by atoms with Gasteiger partial charge >= 0.3 is 0 Å². The molecular weight excluding hydrogens is 228 g/mol. The van der Waals surface area contributed by atoms with E-state index in [4.69, 9.17) is 0 Å². The van der Waals surface area contributed by atoms with E-state index in [1.165, 1.54) is 12.1 Å². The van der Waals surface area contributed by atoms with Crippen molar-refractivity contribution in [3.05, 3.63) is 24.0 Å². The molecule has 2 aromatic rings.